The number of thiocarbonyl (C=S) groups is 1. The van der Waals surface area contributed by atoms with E-state index in [1.54, 1.807) is 36.4 Å². The second-order valence-corrected chi connectivity index (χ2v) is 4.75. The lowest BCUT2D eigenvalue weighted by Gasteiger charge is -2.02. The number of nitro benzene ring substituents is 1. The molecule has 0 aliphatic carbocycles. The number of nitro groups is 1. The van der Waals surface area contributed by atoms with Crippen molar-refractivity contribution < 1.29 is 9.34 Å². The van der Waals surface area contributed by atoms with Gasteiger partial charge in [0.2, 0.25) is 0 Å². The number of benzene rings is 1. The predicted octanol–water partition coefficient (Wildman–Crippen LogP) is 2.84. The van der Waals surface area contributed by atoms with Gasteiger partial charge in [0.15, 0.2) is 5.11 Å². The molecule has 0 spiro atoms. The molecular weight excluding hydrogens is 316 g/mol. The minimum absolute atomic E-state index is 0.0155. The third-order valence-corrected chi connectivity index (χ3v) is 2.99. The van der Waals surface area contributed by atoms with E-state index >= 15 is 0 Å². The molecule has 0 atom stereocenters. The Hall–Kier alpha value is -3.00. The third kappa shape index (κ3) is 4.48. The molecule has 2 aromatic rings. The van der Waals surface area contributed by atoms with Crippen molar-refractivity contribution in [2.24, 2.45) is 5.10 Å². The minimum atomic E-state index is -0.448. The Labute approximate surface area is 137 Å². The van der Waals surface area contributed by atoms with E-state index in [1.807, 2.05) is 0 Å². The zero-order chi connectivity index (χ0) is 16.7. The number of hydrogen-bond donors (Lipinski definition) is 2. The first-order valence-electron chi connectivity index (χ1n) is 6.63. The fourth-order valence-corrected chi connectivity index (χ4v) is 1.90. The molecule has 0 unspecified atom stereocenters. The molecule has 1 heterocycles. The Balaban J connectivity index is 2.08. The molecule has 0 aliphatic heterocycles. The van der Waals surface area contributed by atoms with Crippen molar-refractivity contribution in [2.45, 2.75) is 0 Å². The molecule has 0 saturated carbocycles. The number of hydrogen-bond acceptors (Lipinski definition) is 5. The van der Waals surface area contributed by atoms with Gasteiger partial charge in [-0.05, 0) is 30.4 Å². The van der Waals surface area contributed by atoms with E-state index in [2.05, 4.69) is 22.4 Å². The SMILES string of the molecule is C=CCNC(=S)N/N=C\c1ccc(-c2ccccc2[N+](=O)[O-])o1. The van der Waals surface area contributed by atoms with Gasteiger partial charge in [-0.2, -0.15) is 5.10 Å². The zero-order valence-electron chi connectivity index (χ0n) is 12.1. The zero-order valence-corrected chi connectivity index (χ0v) is 12.9. The van der Waals surface area contributed by atoms with Crippen molar-refractivity contribution in [1.82, 2.24) is 10.7 Å². The second-order valence-electron chi connectivity index (χ2n) is 4.34. The molecule has 0 saturated heterocycles. The van der Waals surface area contributed by atoms with Crippen LogP contribution in [0, 0.1) is 10.1 Å². The smallest absolute Gasteiger partial charge is 0.280 e. The number of furan rings is 1. The first-order valence-corrected chi connectivity index (χ1v) is 7.04. The standard InChI is InChI=1S/C15H14N4O3S/c1-2-9-16-15(23)18-17-10-11-7-8-14(22-11)12-5-3-4-6-13(12)19(20)21/h2-8,10H,1,9H2,(H2,16,18,23)/b17-10-. The lowest BCUT2D eigenvalue weighted by Crippen LogP contribution is -2.31. The molecule has 118 valence electrons. The summed E-state index contributed by atoms with van der Waals surface area (Å²) in [6.07, 6.45) is 3.10. The maximum atomic E-state index is 11.0. The Kier molecular flexibility index (Phi) is 5.59. The summed E-state index contributed by atoms with van der Waals surface area (Å²) in [5.41, 5.74) is 3.01. The number of hydrazone groups is 1. The fourth-order valence-electron chi connectivity index (χ4n) is 1.77. The first kappa shape index (κ1) is 16.4. The van der Waals surface area contributed by atoms with E-state index < -0.39 is 4.92 Å². The van der Waals surface area contributed by atoms with Gasteiger partial charge >= 0.3 is 0 Å². The van der Waals surface area contributed by atoms with E-state index in [0.29, 0.717) is 28.7 Å². The third-order valence-electron chi connectivity index (χ3n) is 2.76. The average Bonchev–Trinajstić information content (AvgIpc) is 3.01. The van der Waals surface area contributed by atoms with Gasteiger partial charge in [0.25, 0.3) is 5.69 Å². The van der Waals surface area contributed by atoms with Gasteiger partial charge < -0.3 is 9.73 Å². The van der Waals surface area contributed by atoms with Crippen LogP contribution in [0.4, 0.5) is 5.69 Å². The van der Waals surface area contributed by atoms with Gasteiger partial charge in [-0.1, -0.05) is 18.2 Å². The van der Waals surface area contributed by atoms with Crippen molar-refractivity contribution in [3.05, 3.63) is 64.9 Å². The Morgan fingerprint density at radius 3 is 2.91 bits per heavy atom. The van der Waals surface area contributed by atoms with Crippen molar-refractivity contribution in [1.29, 1.82) is 0 Å². The van der Waals surface area contributed by atoms with E-state index in [9.17, 15) is 10.1 Å². The Morgan fingerprint density at radius 1 is 1.39 bits per heavy atom. The maximum Gasteiger partial charge on any atom is 0.280 e. The largest absolute Gasteiger partial charge is 0.455 e. The van der Waals surface area contributed by atoms with E-state index in [4.69, 9.17) is 16.6 Å². The maximum absolute atomic E-state index is 11.0. The fraction of sp³-hybridized carbons (Fsp3) is 0.0667. The van der Waals surface area contributed by atoms with Gasteiger partial charge in [0.05, 0.1) is 16.7 Å². The van der Waals surface area contributed by atoms with Crippen LogP contribution in [-0.2, 0) is 0 Å². The molecule has 0 fully saturated rings. The highest BCUT2D eigenvalue weighted by molar-refractivity contribution is 7.80. The summed E-state index contributed by atoms with van der Waals surface area (Å²) in [5.74, 6) is 0.836. The van der Waals surface area contributed by atoms with Gasteiger partial charge in [-0.3, -0.25) is 15.5 Å². The van der Waals surface area contributed by atoms with Crippen LogP contribution in [0.3, 0.4) is 0 Å². The molecule has 1 aromatic heterocycles. The summed E-state index contributed by atoms with van der Waals surface area (Å²) in [4.78, 5) is 10.6. The summed E-state index contributed by atoms with van der Waals surface area (Å²) in [6.45, 7) is 4.09. The van der Waals surface area contributed by atoms with Crippen molar-refractivity contribution in [2.75, 3.05) is 6.54 Å². The van der Waals surface area contributed by atoms with Crippen LogP contribution in [0.1, 0.15) is 5.76 Å². The molecule has 7 nitrogen and oxygen atoms in total. The molecular formula is C15H14N4O3S. The average molecular weight is 330 g/mol. The molecule has 2 rings (SSSR count). The van der Waals surface area contributed by atoms with E-state index in [1.165, 1.54) is 12.3 Å². The summed E-state index contributed by atoms with van der Waals surface area (Å²) < 4.78 is 5.55. The molecule has 2 N–H and O–H groups in total. The molecule has 8 heteroatoms. The highest BCUT2D eigenvalue weighted by atomic mass is 32.1. The van der Waals surface area contributed by atoms with Crippen LogP contribution in [0.2, 0.25) is 0 Å². The lowest BCUT2D eigenvalue weighted by atomic mass is 10.1. The van der Waals surface area contributed by atoms with Crippen LogP contribution >= 0.6 is 12.2 Å². The normalized spacial score (nSPS) is 10.4. The molecule has 0 amide bonds. The van der Waals surface area contributed by atoms with Gasteiger partial charge in [0.1, 0.15) is 11.5 Å². The summed E-state index contributed by atoms with van der Waals surface area (Å²) in [7, 11) is 0. The number of para-hydroxylation sites is 1. The van der Waals surface area contributed by atoms with Crippen molar-refractivity contribution >= 4 is 29.2 Å². The second kappa shape index (κ2) is 7.85. The van der Waals surface area contributed by atoms with E-state index in [0.717, 1.165) is 0 Å². The highest BCUT2D eigenvalue weighted by Crippen LogP contribution is 2.30. The Bertz CT molecular complexity index is 755. The van der Waals surface area contributed by atoms with Crippen LogP contribution < -0.4 is 10.7 Å². The highest BCUT2D eigenvalue weighted by Gasteiger charge is 2.16. The van der Waals surface area contributed by atoms with Crippen LogP contribution in [0.25, 0.3) is 11.3 Å². The molecule has 0 radical (unpaired) electrons. The van der Waals surface area contributed by atoms with Gasteiger partial charge in [-0.15, -0.1) is 6.58 Å². The number of rotatable bonds is 6. The summed E-state index contributed by atoms with van der Waals surface area (Å²) in [5, 5.41) is 18.2. The van der Waals surface area contributed by atoms with Crippen LogP contribution in [0.15, 0.2) is 58.6 Å². The first-order chi connectivity index (χ1) is 11.1. The number of nitrogens with zero attached hydrogens (tertiary/aromatic N) is 2. The molecule has 1 aromatic carbocycles. The quantitative estimate of drug-likeness (QED) is 0.278. The van der Waals surface area contributed by atoms with Gasteiger partial charge in [0, 0.05) is 12.6 Å². The summed E-state index contributed by atoms with van der Waals surface area (Å²) >= 11 is 4.97. The number of nitrogens with one attached hydrogen (secondary N) is 2. The monoisotopic (exact) mass is 330 g/mol. The molecule has 0 bridgehead atoms. The Morgan fingerprint density at radius 2 is 2.17 bits per heavy atom. The minimum Gasteiger partial charge on any atom is -0.455 e. The lowest BCUT2D eigenvalue weighted by molar-refractivity contribution is -0.384. The van der Waals surface area contributed by atoms with Crippen LogP contribution in [0.5, 0.6) is 0 Å². The van der Waals surface area contributed by atoms with Crippen molar-refractivity contribution in [3.63, 3.8) is 0 Å². The van der Waals surface area contributed by atoms with Crippen LogP contribution in [-0.4, -0.2) is 22.8 Å². The van der Waals surface area contributed by atoms with Crippen molar-refractivity contribution in [3.8, 4) is 11.3 Å². The van der Waals surface area contributed by atoms with E-state index in [-0.39, 0.29) is 5.69 Å². The predicted molar refractivity (Wildman–Crippen MR) is 92.3 cm³/mol. The topological polar surface area (TPSA) is 92.7 Å². The summed E-state index contributed by atoms with van der Waals surface area (Å²) in [6, 6.07) is 9.69. The van der Waals surface area contributed by atoms with Gasteiger partial charge in [-0.25, -0.2) is 0 Å². The molecule has 23 heavy (non-hydrogen) atoms. The molecule has 0 aliphatic rings.